The van der Waals surface area contributed by atoms with E-state index in [0.717, 1.165) is 18.7 Å². The number of H-pyrrole nitrogens is 1. The monoisotopic (exact) mass is 366 g/mol. The Morgan fingerprint density at radius 3 is 2.89 bits per heavy atom. The zero-order chi connectivity index (χ0) is 19.2. The highest BCUT2D eigenvalue weighted by Crippen LogP contribution is 2.27. The summed E-state index contributed by atoms with van der Waals surface area (Å²) in [6, 6.07) is 6.61. The van der Waals surface area contributed by atoms with Crippen LogP contribution in [0.2, 0.25) is 0 Å². The van der Waals surface area contributed by atoms with E-state index < -0.39 is 0 Å². The van der Waals surface area contributed by atoms with Gasteiger partial charge in [0.25, 0.3) is 0 Å². The van der Waals surface area contributed by atoms with Gasteiger partial charge in [-0.2, -0.15) is 0 Å². The first-order chi connectivity index (χ1) is 12.8. The van der Waals surface area contributed by atoms with E-state index in [-0.39, 0.29) is 11.1 Å². The van der Waals surface area contributed by atoms with E-state index in [1.165, 1.54) is 27.6 Å². The number of anilines is 2. The second kappa shape index (κ2) is 6.40. The molecule has 0 saturated carbocycles. The number of nitrogens with zero attached hydrogens (tertiary/aromatic N) is 4. The Kier molecular flexibility index (Phi) is 4.17. The SMILES string of the molecule is CN1CCCc2cc(CNc3nc(C(C)(C)C)cn4c(=O)[nH]nc34)ccc21. The molecule has 7 heteroatoms. The van der Waals surface area contributed by atoms with Crippen molar-refractivity contribution < 1.29 is 0 Å². The zero-order valence-corrected chi connectivity index (χ0v) is 16.3. The molecular formula is C20H26N6O. The summed E-state index contributed by atoms with van der Waals surface area (Å²) in [7, 11) is 2.14. The maximum absolute atomic E-state index is 12.1. The third-order valence-electron chi connectivity index (χ3n) is 5.12. The quantitative estimate of drug-likeness (QED) is 0.745. The smallest absolute Gasteiger partial charge is 0.347 e. The molecule has 27 heavy (non-hydrogen) atoms. The second-order valence-electron chi connectivity index (χ2n) is 8.29. The number of rotatable bonds is 3. The maximum atomic E-state index is 12.1. The van der Waals surface area contributed by atoms with Gasteiger partial charge in [0.2, 0.25) is 5.65 Å². The molecule has 0 unspecified atom stereocenters. The summed E-state index contributed by atoms with van der Waals surface area (Å²) < 4.78 is 1.53. The lowest BCUT2D eigenvalue weighted by molar-refractivity contribution is 0.565. The predicted molar refractivity (Wildman–Crippen MR) is 108 cm³/mol. The van der Waals surface area contributed by atoms with Crippen molar-refractivity contribution in [3.8, 4) is 0 Å². The number of benzene rings is 1. The molecule has 2 N–H and O–H groups in total. The van der Waals surface area contributed by atoms with Crippen molar-refractivity contribution in [2.75, 3.05) is 23.8 Å². The number of hydrogen-bond acceptors (Lipinski definition) is 5. The first-order valence-electron chi connectivity index (χ1n) is 9.38. The molecule has 3 heterocycles. The lowest BCUT2D eigenvalue weighted by atomic mass is 9.93. The number of nitrogens with one attached hydrogen (secondary N) is 2. The molecule has 0 fully saturated rings. The standard InChI is InChI=1S/C20H26N6O/c1-20(2,3)16-12-26-18(23-24-19(26)27)17(22-16)21-11-13-7-8-15-14(10-13)6-5-9-25(15)4/h7-8,10,12H,5-6,9,11H2,1-4H3,(H,21,22)(H,24,27). The summed E-state index contributed by atoms with van der Waals surface area (Å²) in [5.41, 5.74) is 4.84. The first-order valence-corrected chi connectivity index (χ1v) is 9.38. The molecule has 7 nitrogen and oxygen atoms in total. The fraction of sp³-hybridized carbons (Fsp3) is 0.450. The lowest BCUT2D eigenvalue weighted by Crippen LogP contribution is -2.24. The topological polar surface area (TPSA) is 78.3 Å². The van der Waals surface area contributed by atoms with Crippen molar-refractivity contribution in [1.29, 1.82) is 0 Å². The molecule has 0 radical (unpaired) electrons. The third-order valence-corrected chi connectivity index (χ3v) is 5.12. The van der Waals surface area contributed by atoms with Crippen LogP contribution < -0.4 is 15.9 Å². The van der Waals surface area contributed by atoms with Gasteiger partial charge in [-0.15, -0.1) is 5.10 Å². The highest BCUT2D eigenvalue weighted by molar-refractivity contribution is 5.63. The van der Waals surface area contributed by atoms with Crippen molar-refractivity contribution in [3.05, 3.63) is 51.7 Å². The van der Waals surface area contributed by atoms with Gasteiger partial charge in [-0.05, 0) is 30.0 Å². The van der Waals surface area contributed by atoms with E-state index in [0.29, 0.717) is 18.0 Å². The highest BCUT2D eigenvalue weighted by Gasteiger charge is 2.20. The van der Waals surface area contributed by atoms with Crippen LogP contribution in [0, 0.1) is 0 Å². The minimum atomic E-state index is -0.252. The van der Waals surface area contributed by atoms with Gasteiger partial charge >= 0.3 is 5.69 Å². The van der Waals surface area contributed by atoms with Crippen LogP contribution in [0.5, 0.6) is 0 Å². The average Bonchev–Trinajstić information content (AvgIpc) is 3.00. The van der Waals surface area contributed by atoms with Gasteiger partial charge in [0.05, 0.1) is 5.69 Å². The molecule has 0 spiro atoms. The van der Waals surface area contributed by atoms with E-state index in [1.807, 2.05) is 0 Å². The number of aryl methyl sites for hydroxylation is 1. The third kappa shape index (κ3) is 3.29. The van der Waals surface area contributed by atoms with Crippen LogP contribution in [0.15, 0.2) is 29.2 Å². The van der Waals surface area contributed by atoms with Crippen LogP contribution in [-0.4, -0.2) is 33.2 Å². The maximum Gasteiger partial charge on any atom is 0.347 e. The molecule has 2 aromatic heterocycles. The van der Waals surface area contributed by atoms with Gasteiger partial charge in [0, 0.05) is 37.4 Å². The molecule has 1 aliphatic rings. The fourth-order valence-corrected chi connectivity index (χ4v) is 3.53. The summed E-state index contributed by atoms with van der Waals surface area (Å²) in [4.78, 5) is 19.1. The van der Waals surface area contributed by atoms with Crippen molar-refractivity contribution >= 4 is 17.2 Å². The minimum Gasteiger partial charge on any atom is -0.374 e. The van der Waals surface area contributed by atoms with E-state index in [4.69, 9.17) is 4.98 Å². The van der Waals surface area contributed by atoms with E-state index in [9.17, 15) is 4.79 Å². The molecular weight excluding hydrogens is 340 g/mol. The average molecular weight is 366 g/mol. The molecule has 142 valence electrons. The molecule has 4 rings (SSSR count). The van der Waals surface area contributed by atoms with Crippen LogP contribution in [0.4, 0.5) is 11.5 Å². The Balaban J connectivity index is 1.65. The predicted octanol–water partition coefficient (Wildman–Crippen LogP) is 2.71. The van der Waals surface area contributed by atoms with E-state index >= 15 is 0 Å². The zero-order valence-electron chi connectivity index (χ0n) is 16.3. The van der Waals surface area contributed by atoms with Crippen molar-refractivity contribution in [3.63, 3.8) is 0 Å². The Labute approximate surface area is 158 Å². The lowest BCUT2D eigenvalue weighted by Gasteiger charge is -2.28. The molecule has 1 aromatic carbocycles. The molecule has 1 aliphatic heterocycles. The molecule has 0 atom stereocenters. The van der Waals surface area contributed by atoms with E-state index in [1.54, 1.807) is 6.20 Å². The van der Waals surface area contributed by atoms with Crippen molar-refractivity contribution in [2.45, 2.75) is 45.6 Å². The highest BCUT2D eigenvalue weighted by atomic mass is 16.1. The largest absolute Gasteiger partial charge is 0.374 e. The summed E-state index contributed by atoms with van der Waals surface area (Å²) in [6.45, 7) is 7.98. The molecule has 3 aromatic rings. The van der Waals surface area contributed by atoms with Gasteiger partial charge in [-0.1, -0.05) is 32.9 Å². The second-order valence-corrected chi connectivity index (χ2v) is 8.29. The van der Waals surface area contributed by atoms with Crippen LogP contribution in [0.1, 0.15) is 44.0 Å². The van der Waals surface area contributed by atoms with E-state index in [2.05, 4.69) is 66.4 Å². The van der Waals surface area contributed by atoms with Crippen LogP contribution >= 0.6 is 0 Å². The molecule has 0 aliphatic carbocycles. The molecule has 0 saturated heterocycles. The van der Waals surface area contributed by atoms with Gasteiger partial charge in [-0.3, -0.25) is 0 Å². The Bertz CT molecular complexity index is 1040. The van der Waals surface area contributed by atoms with Gasteiger partial charge in [0.15, 0.2) is 5.82 Å². The van der Waals surface area contributed by atoms with Gasteiger partial charge in [-0.25, -0.2) is 19.3 Å². The number of hydrogen-bond donors (Lipinski definition) is 2. The summed E-state index contributed by atoms with van der Waals surface area (Å²) in [5, 5.41) is 10.0. The number of fused-ring (bicyclic) bond motifs is 2. The molecule has 0 amide bonds. The van der Waals surface area contributed by atoms with Crippen LogP contribution in [0.25, 0.3) is 5.65 Å². The Morgan fingerprint density at radius 1 is 1.30 bits per heavy atom. The fourth-order valence-electron chi connectivity index (χ4n) is 3.53. The van der Waals surface area contributed by atoms with Crippen LogP contribution in [-0.2, 0) is 18.4 Å². The number of aromatic amines is 1. The summed E-state index contributed by atoms with van der Waals surface area (Å²) in [6.07, 6.45) is 4.07. The van der Waals surface area contributed by atoms with Gasteiger partial charge < -0.3 is 10.2 Å². The molecule has 0 bridgehead atoms. The normalized spacial score (nSPS) is 14.4. The van der Waals surface area contributed by atoms with Crippen LogP contribution in [0.3, 0.4) is 0 Å². The summed E-state index contributed by atoms with van der Waals surface area (Å²) in [5.74, 6) is 0.621. The van der Waals surface area contributed by atoms with Crippen molar-refractivity contribution in [1.82, 2.24) is 19.6 Å². The van der Waals surface area contributed by atoms with Gasteiger partial charge in [0.1, 0.15) is 0 Å². The van der Waals surface area contributed by atoms with Crippen molar-refractivity contribution in [2.24, 2.45) is 0 Å². The Morgan fingerprint density at radius 2 is 2.11 bits per heavy atom. The first kappa shape index (κ1) is 17.6. The Hall–Kier alpha value is -2.83. The summed E-state index contributed by atoms with van der Waals surface area (Å²) >= 11 is 0. The number of aromatic nitrogens is 4. The minimum absolute atomic E-state index is 0.169.